The molecule has 0 aromatic heterocycles. The van der Waals surface area contributed by atoms with Crippen LogP contribution in [-0.2, 0) is 0 Å². The van der Waals surface area contributed by atoms with Gasteiger partial charge in [-0.3, -0.25) is 0 Å². The summed E-state index contributed by atoms with van der Waals surface area (Å²) in [6.45, 7) is 13.1. The Morgan fingerprint density at radius 1 is 0.750 bits per heavy atom. The third kappa shape index (κ3) is 16.4. The van der Waals surface area contributed by atoms with Gasteiger partial charge in [-0.2, -0.15) is 0 Å². The molecule has 0 nitrogen and oxygen atoms in total. The van der Waals surface area contributed by atoms with Crippen LogP contribution in [0.1, 0.15) is 100 Å². The molecule has 0 aliphatic heterocycles. The molecule has 0 unspecified atom stereocenters. The van der Waals surface area contributed by atoms with E-state index in [9.17, 15) is 0 Å². The van der Waals surface area contributed by atoms with Crippen molar-refractivity contribution >= 4 is 0 Å². The lowest BCUT2D eigenvalue weighted by atomic mass is 9.80. The first-order valence-electron chi connectivity index (χ1n) is 7.12. The highest BCUT2D eigenvalue weighted by Gasteiger charge is 2.17. The Morgan fingerprint density at radius 2 is 1.00 bits per heavy atom. The molecule has 0 bridgehead atoms. The predicted molar refractivity (Wildman–Crippen MR) is 80.1 cm³/mol. The Morgan fingerprint density at radius 3 is 1.31 bits per heavy atom. The lowest BCUT2D eigenvalue weighted by Crippen LogP contribution is -2.12. The van der Waals surface area contributed by atoms with Crippen LogP contribution in [0, 0.1) is 5.41 Å². The number of hydrogen-bond acceptors (Lipinski definition) is 0. The zero-order valence-corrected chi connectivity index (χ0v) is 12.2. The Bertz CT molecular complexity index is 92.6. The number of rotatable bonds is 0. The fraction of sp³-hybridized carbons (Fsp3) is 1.00. The Balaban J connectivity index is -0.000000246. The molecule has 16 heavy (non-hydrogen) atoms. The van der Waals surface area contributed by atoms with Crippen LogP contribution in [-0.4, -0.2) is 0 Å². The summed E-state index contributed by atoms with van der Waals surface area (Å²) in [7, 11) is 0. The zero-order valence-electron chi connectivity index (χ0n) is 12.2. The van der Waals surface area contributed by atoms with Gasteiger partial charge in [0, 0.05) is 0 Å². The first-order valence-corrected chi connectivity index (χ1v) is 7.12. The molecule has 0 atom stereocenters. The fourth-order valence-corrected chi connectivity index (χ4v) is 1.86. The summed E-state index contributed by atoms with van der Waals surface area (Å²) >= 11 is 0. The molecule has 1 fully saturated rings. The van der Waals surface area contributed by atoms with E-state index >= 15 is 0 Å². The van der Waals surface area contributed by atoms with Gasteiger partial charge in [0.15, 0.2) is 0 Å². The lowest BCUT2D eigenvalue weighted by molar-refractivity contribution is 0.266. The van der Waals surface area contributed by atoms with Gasteiger partial charge in [0.2, 0.25) is 0 Å². The Kier molecular flexibility index (Phi) is 20.0. The maximum absolute atomic E-state index is 2.42. The molecule has 0 saturated heterocycles. The second kappa shape index (κ2) is 15.0. The minimum absolute atomic E-state index is 0. The third-order valence-electron chi connectivity index (χ3n) is 2.71. The maximum atomic E-state index is 2.42. The molecule has 0 aromatic rings. The summed E-state index contributed by atoms with van der Waals surface area (Å²) in [6.07, 6.45) is 11.5. The zero-order chi connectivity index (χ0) is 12.2. The van der Waals surface area contributed by atoms with Crippen molar-refractivity contribution in [2.45, 2.75) is 100 Å². The molecular formula is C16H38. The molecule has 0 radical (unpaired) electrons. The van der Waals surface area contributed by atoms with Crippen LogP contribution in [0.3, 0.4) is 0 Å². The normalized spacial score (nSPS) is 18.4. The Labute approximate surface area is 106 Å². The largest absolute Gasteiger partial charge is 0.0776 e. The van der Waals surface area contributed by atoms with Gasteiger partial charge in [0.25, 0.3) is 0 Å². The molecule has 1 saturated carbocycles. The van der Waals surface area contributed by atoms with Crippen LogP contribution in [0.2, 0.25) is 0 Å². The van der Waals surface area contributed by atoms with Gasteiger partial charge in [-0.05, 0) is 18.3 Å². The third-order valence-corrected chi connectivity index (χ3v) is 2.71. The number of hydrogen-bond donors (Lipinski definition) is 0. The maximum Gasteiger partial charge on any atom is -0.0354 e. The second-order valence-corrected chi connectivity index (χ2v) is 5.14. The molecule has 1 aliphatic carbocycles. The van der Waals surface area contributed by atoms with Crippen molar-refractivity contribution in [2.24, 2.45) is 5.41 Å². The highest BCUT2D eigenvalue weighted by atomic mass is 14.2. The standard InChI is InChI=1S/C10H20.C3H8.C2H6.CH4/c1-10(2)8-6-4-3-5-7-9-10;1-3-2;1-2;/h3-9H2,1-2H3;3H2,1-2H3;1-2H3;1H4. The van der Waals surface area contributed by atoms with E-state index in [4.69, 9.17) is 0 Å². The average molecular weight is 230 g/mol. The quantitative estimate of drug-likeness (QED) is 0.427. The molecular weight excluding hydrogens is 192 g/mol. The van der Waals surface area contributed by atoms with Crippen LogP contribution in [0.4, 0.5) is 0 Å². The molecule has 0 N–H and O–H groups in total. The molecule has 0 amide bonds. The predicted octanol–water partition coefficient (Wildman–Crippen LogP) is 6.84. The van der Waals surface area contributed by atoms with E-state index in [1.54, 1.807) is 0 Å². The topological polar surface area (TPSA) is 0 Å². The van der Waals surface area contributed by atoms with Crippen molar-refractivity contribution in [1.82, 2.24) is 0 Å². The van der Waals surface area contributed by atoms with Gasteiger partial charge < -0.3 is 0 Å². The smallest absolute Gasteiger partial charge is 0.0354 e. The van der Waals surface area contributed by atoms with E-state index in [0.29, 0.717) is 5.41 Å². The van der Waals surface area contributed by atoms with Crippen LogP contribution in [0.15, 0.2) is 0 Å². The lowest BCUT2D eigenvalue weighted by Gasteiger charge is -2.26. The first kappa shape index (κ1) is 21.3. The summed E-state index contributed by atoms with van der Waals surface area (Å²) in [6, 6.07) is 0. The summed E-state index contributed by atoms with van der Waals surface area (Å²) in [5.41, 5.74) is 0.653. The summed E-state index contributed by atoms with van der Waals surface area (Å²) in [4.78, 5) is 0. The summed E-state index contributed by atoms with van der Waals surface area (Å²) < 4.78 is 0. The van der Waals surface area contributed by atoms with Crippen molar-refractivity contribution < 1.29 is 0 Å². The highest BCUT2D eigenvalue weighted by molar-refractivity contribution is 4.70. The van der Waals surface area contributed by atoms with Crippen molar-refractivity contribution in [1.29, 1.82) is 0 Å². The summed E-state index contributed by atoms with van der Waals surface area (Å²) in [5, 5.41) is 0. The highest BCUT2D eigenvalue weighted by Crippen LogP contribution is 2.32. The van der Waals surface area contributed by atoms with Gasteiger partial charge in [-0.15, -0.1) is 0 Å². The molecule has 0 aromatic carbocycles. The van der Waals surface area contributed by atoms with E-state index in [1.165, 1.54) is 51.4 Å². The molecule has 0 heteroatoms. The van der Waals surface area contributed by atoms with Crippen molar-refractivity contribution in [3.05, 3.63) is 0 Å². The van der Waals surface area contributed by atoms with Gasteiger partial charge in [-0.1, -0.05) is 87.5 Å². The summed E-state index contributed by atoms with van der Waals surface area (Å²) in [5.74, 6) is 0. The SMILES string of the molecule is C.CC.CC1(C)CCCCCCC1.CCC. The van der Waals surface area contributed by atoms with Crippen LogP contribution in [0.5, 0.6) is 0 Å². The van der Waals surface area contributed by atoms with E-state index in [1.807, 2.05) is 13.8 Å². The van der Waals surface area contributed by atoms with E-state index in [0.717, 1.165) is 0 Å². The van der Waals surface area contributed by atoms with Crippen molar-refractivity contribution in [3.8, 4) is 0 Å². The van der Waals surface area contributed by atoms with E-state index in [-0.39, 0.29) is 7.43 Å². The molecule has 0 spiro atoms. The molecule has 1 aliphatic rings. The minimum Gasteiger partial charge on any atom is -0.0776 e. The van der Waals surface area contributed by atoms with Gasteiger partial charge in [0.1, 0.15) is 0 Å². The second-order valence-electron chi connectivity index (χ2n) is 5.14. The monoisotopic (exact) mass is 230 g/mol. The average Bonchev–Trinajstić information content (AvgIpc) is 2.17. The molecule has 102 valence electrons. The van der Waals surface area contributed by atoms with Crippen LogP contribution in [0.25, 0.3) is 0 Å². The van der Waals surface area contributed by atoms with Crippen molar-refractivity contribution in [3.63, 3.8) is 0 Å². The van der Waals surface area contributed by atoms with Crippen LogP contribution < -0.4 is 0 Å². The molecule has 1 rings (SSSR count). The Hall–Kier alpha value is 0. The minimum atomic E-state index is 0. The van der Waals surface area contributed by atoms with Gasteiger partial charge in [-0.25, -0.2) is 0 Å². The fourth-order valence-electron chi connectivity index (χ4n) is 1.86. The molecule has 0 heterocycles. The van der Waals surface area contributed by atoms with E-state index < -0.39 is 0 Å². The van der Waals surface area contributed by atoms with Gasteiger partial charge in [0.05, 0.1) is 0 Å². The van der Waals surface area contributed by atoms with E-state index in [2.05, 4.69) is 27.7 Å². The van der Waals surface area contributed by atoms with Gasteiger partial charge >= 0.3 is 0 Å². The van der Waals surface area contributed by atoms with Crippen LogP contribution >= 0.6 is 0 Å². The first-order chi connectivity index (χ1) is 7.12. The van der Waals surface area contributed by atoms with Crippen molar-refractivity contribution in [2.75, 3.05) is 0 Å².